The Hall–Kier alpha value is -2.12. The summed E-state index contributed by atoms with van der Waals surface area (Å²) < 4.78 is 12.0. The first kappa shape index (κ1) is 23.5. The fraction of sp³-hybridized carbons (Fsp3) is 0.667. The van der Waals surface area contributed by atoms with Crippen LogP contribution in [0.25, 0.3) is 0 Å². The van der Waals surface area contributed by atoms with Crippen LogP contribution in [0, 0.1) is 11.8 Å². The minimum atomic E-state index is -0.108. The summed E-state index contributed by atoms with van der Waals surface area (Å²) in [6.07, 6.45) is 2.89. The van der Waals surface area contributed by atoms with Crippen molar-refractivity contribution in [1.29, 1.82) is 0 Å². The second-order valence-corrected chi connectivity index (χ2v) is 9.07. The molecule has 7 nitrogen and oxygen atoms in total. The second-order valence-electron chi connectivity index (χ2n) is 9.07. The van der Waals surface area contributed by atoms with E-state index in [1.54, 1.807) is 37.3 Å². The number of amides is 2. The van der Waals surface area contributed by atoms with Gasteiger partial charge in [0.05, 0.1) is 11.7 Å². The second kappa shape index (κ2) is 10.5. The maximum Gasteiger partial charge on any atom is 0.257 e. The van der Waals surface area contributed by atoms with E-state index >= 15 is 0 Å². The number of carbonyl (C=O) groups is 2. The van der Waals surface area contributed by atoms with Crippen molar-refractivity contribution in [2.45, 2.75) is 52.2 Å². The lowest BCUT2D eigenvalue weighted by molar-refractivity contribution is -0.117. The molecule has 1 heterocycles. The van der Waals surface area contributed by atoms with Crippen LogP contribution in [0.5, 0.6) is 5.75 Å². The van der Waals surface area contributed by atoms with E-state index in [-0.39, 0.29) is 35.8 Å². The summed E-state index contributed by atoms with van der Waals surface area (Å²) in [4.78, 5) is 29.5. The number of carbonyl (C=O) groups excluding carboxylic acids is 2. The van der Waals surface area contributed by atoms with Crippen molar-refractivity contribution in [2.75, 3.05) is 45.7 Å². The third kappa shape index (κ3) is 5.98. The molecule has 3 atom stereocenters. The molecule has 2 aliphatic rings. The molecule has 1 fully saturated rings. The molecule has 1 saturated carbocycles. The fourth-order valence-electron chi connectivity index (χ4n) is 4.11. The molecule has 0 unspecified atom stereocenters. The molecule has 7 heteroatoms. The van der Waals surface area contributed by atoms with Gasteiger partial charge in [0, 0.05) is 51.0 Å². The highest BCUT2D eigenvalue weighted by Gasteiger charge is 2.31. The highest BCUT2D eigenvalue weighted by molar-refractivity contribution is 5.99. The summed E-state index contributed by atoms with van der Waals surface area (Å²) in [5.74, 6) is 0.827. The predicted octanol–water partition coefficient (Wildman–Crippen LogP) is 3.25. The Morgan fingerprint density at radius 3 is 2.65 bits per heavy atom. The summed E-state index contributed by atoms with van der Waals surface area (Å²) in [7, 11) is 3.51. The van der Waals surface area contributed by atoms with Crippen LogP contribution >= 0.6 is 0 Å². The van der Waals surface area contributed by atoms with Gasteiger partial charge >= 0.3 is 0 Å². The molecule has 0 bridgehead atoms. The Labute approximate surface area is 186 Å². The van der Waals surface area contributed by atoms with Crippen LogP contribution in [-0.4, -0.2) is 74.2 Å². The minimum Gasteiger partial charge on any atom is -0.491 e. The van der Waals surface area contributed by atoms with Gasteiger partial charge < -0.3 is 19.7 Å². The van der Waals surface area contributed by atoms with E-state index in [2.05, 4.69) is 31.0 Å². The summed E-state index contributed by atoms with van der Waals surface area (Å²) >= 11 is 0. The van der Waals surface area contributed by atoms with Crippen molar-refractivity contribution < 1.29 is 19.1 Å². The van der Waals surface area contributed by atoms with Crippen molar-refractivity contribution in [2.24, 2.45) is 11.8 Å². The topological polar surface area (TPSA) is 71.1 Å². The Morgan fingerprint density at radius 1 is 1.26 bits per heavy atom. The zero-order valence-corrected chi connectivity index (χ0v) is 19.5. The first-order valence-electron chi connectivity index (χ1n) is 11.4. The number of rotatable bonds is 5. The molecule has 1 aliphatic carbocycles. The molecular weight excluding hydrogens is 394 g/mol. The maximum absolute atomic E-state index is 13.2. The van der Waals surface area contributed by atoms with Crippen LogP contribution in [0.3, 0.4) is 0 Å². The molecule has 1 aliphatic heterocycles. The highest BCUT2D eigenvalue weighted by Crippen LogP contribution is 2.32. The number of methoxy groups -OCH3 is 1. The Kier molecular flexibility index (Phi) is 7.94. The number of anilines is 1. The minimum absolute atomic E-state index is 0.0379. The Morgan fingerprint density at radius 2 is 2.00 bits per heavy atom. The number of fused-ring (bicyclic) bond motifs is 1. The summed E-state index contributed by atoms with van der Waals surface area (Å²) in [6, 6.07) is 5.50. The van der Waals surface area contributed by atoms with Gasteiger partial charge in [0.15, 0.2) is 0 Å². The van der Waals surface area contributed by atoms with Crippen LogP contribution in [0.15, 0.2) is 18.2 Å². The van der Waals surface area contributed by atoms with Gasteiger partial charge in [-0.25, -0.2) is 0 Å². The van der Waals surface area contributed by atoms with Gasteiger partial charge in [0.1, 0.15) is 12.4 Å². The smallest absolute Gasteiger partial charge is 0.257 e. The standard InChI is InChI=1S/C24H37N3O4/c1-6-11-27-13-16(2)22(30-5)14-26(4)24(29)20-10-9-19(25-23(28)18-7-8-18)12-21(20)31-15-17(27)3/h9-10,12,16-18,22H,6-8,11,13-15H2,1-5H3,(H,25,28)/t16-,17+,22-/m1/s1. The molecular formula is C24H37N3O4. The fourth-order valence-corrected chi connectivity index (χ4v) is 4.11. The number of likely N-dealkylation sites (N-methyl/N-ethyl adjacent to an activating group) is 1. The SMILES string of the molecule is CCCN1C[C@@H](C)[C@H](OC)CN(C)C(=O)c2ccc(NC(=O)C3CC3)cc2OC[C@@H]1C. The molecule has 0 saturated heterocycles. The van der Waals surface area contributed by atoms with Gasteiger partial charge in [-0.2, -0.15) is 0 Å². The van der Waals surface area contributed by atoms with E-state index in [0.29, 0.717) is 30.2 Å². The summed E-state index contributed by atoms with van der Waals surface area (Å²) in [6.45, 7) is 9.34. The van der Waals surface area contributed by atoms with Crippen molar-refractivity contribution in [3.63, 3.8) is 0 Å². The van der Waals surface area contributed by atoms with Gasteiger partial charge in [0.2, 0.25) is 5.91 Å². The van der Waals surface area contributed by atoms with Crippen molar-refractivity contribution >= 4 is 17.5 Å². The van der Waals surface area contributed by atoms with Crippen LogP contribution in [0.4, 0.5) is 5.69 Å². The molecule has 31 heavy (non-hydrogen) atoms. The Balaban J connectivity index is 1.89. The molecule has 3 rings (SSSR count). The largest absolute Gasteiger partial charge is 0.491 e. The van der Waals surface area contributed by atoms with Crippen LogP contribution in [0.2, 0.25) is 0 Å². The monoisotopic (exact) mass is 431 g/mol. The van der Waals surface area contributed by atoms with E-state index in [1.165, 1.54) is 0 Å². The quantitative estimate of drug-likeness (QED) is 0.775. The molecule has 1 aromatic carbocycles. The number of ether oxygens (including phenoxy) is 2. The Bertz CT molecular complexity index is 780. The molecule has 1 N–H and O–H groups in total. The summed E-state index contributed by atoms with van der Waals surface area (Å²) in [5, 5.41) is 2.95. The first-order chi connectivity index (χ1) is 14.8. The van der Waals surface area contributed by atoms with Crippen molar-refractivity contribution in [1.82, 2.24) is 9.80 Å². The first-order valence-corrected chi connectivity index (χ1v) is 11.4. The predicted molar refractivity (Wildman–Crippen MR) is 122 cm³/mol. The molecule has 1 aromatic rings. The van der Waals surface area contributed by atoms with Gasteiger partial charge in [-0.1, -0.05) is 13.8 Å². The van der Waals surface area contributed by atoms with Crippen LogP contribution in [0.1, 0.15) is 50.4 Å². The van der Waals surface area contributed by atoms with E-state index in [9.17, 15) is 9.59 Å². The highest BCUT2D eigenvalue weighted by atomic mass is 16.5. The van der Waals surface area contributed by atoms with E-state index in [0.717, 1.165) is 32.4 Å². The number of hydrogen-bond acceptors (Lipinski definition) is 5. The third-order valence-corrected chi connectivity index (χ3v) is 6.30. The average molecular weight is 432 g/mol. The van der Waals surface area contributed by atoms with E-state index in [4.69, 9.17) is 9.47 Å². The molecule has 0 aromatic heterocycles. The summed E-state index contributed by atoms with van der Waals surface area (Å²) in [5.41, 5.74) is 1.17. The number of nitrogens with zero attached hydrogens (tertiary/aromatic N) is 2. The zero-order chi connectivity index (χ0) is 22.5. The van der Waals surface area contributed by atoms with Gasteiger partial charge in [-0.15, -0.1) is 0 Å². The number of benzene rings is 1. The van der Waals surface area contributed by atoms with E-state index < -0.39 is 0 Å². The van der Waals surface area contributed by atoms with Crippen LogP contribution in [-0.2, 0) is 9.53 Å². The zero-order valence-electron chi connectivity index (χ0n) is 19.5. The number of hydrogen-bond donors (Lipinski definition) is 1. The lowest BCUT2D eigenvalue weighted by atomic mass is 10.0. The molecule has 172 valence electrons. The van der Waals surface area contributed by atoms with Crippen molar-refractivity contribution in [3.05, 3.63) is 23.8 Å². The van der Waals surface area contributed by atoms with E-state index in [1.807, 2.05) is 0 Å². The van der Waals surface area contributed by atoms with Gasteiger partial charge in [-0.05, 0) is 50.8 Å². The molecule has 0 spiro atoms. The molecule has 2 amide bonds. The van der Waals surface area contributed by atoms with Crippen molar-refractivity contribution in [3.8, 4) is 5.75 Å². The lowest BCUT2D eigenvalue weighted by Gasteiger charge is -2.35. The molecule has 0 radical (unpaired) electrons. The lowest BCUT2D eigenvalue weighted by Crippen LogP contribution is -2.46. The third-order valence-electron chi connectivity index (χ3n) is 6.30. The average Bonchev–Trinajstić information content (AvgIpc) is 3.59. The number of nitrogens with one attached hydrogen (secondary N) is 1. The normalized spacial score (nSPS) is 25.8. The van der Waals surface area contributed by atoms with Gasteiger partial charge in [-0.3, -0.25) is 14.5 Å². The van der Waals surface area contributed by atoms with Gasteiger partial charge in [0.25, 0.3) is 5.91 Å². The maximum atomic E-state index is 13.2. The van der Waals surface area contributed by atoms with Crippen LogP contribution < -0.4 is 10.1 Å².